The Bertz CT molecular complexity index is 615. The van der Waals surface area contributed by atoms with Gasteiger partial charge in [-0.2, -0.15) is 0 Å². The molecular formula is C15H20N4O2. The van der Waals surface area contributed by atoms with Crippen LogP contribution in [0.25, 0.3) is 11.0 Å². The molecule has 2 aromatic rings. The van der Waals surface area contributed by atoms with Crippen molar-refractivity contribution in [2.45, 2.75) is 26.7 Å². The molecule has 1 unspecified atom stereocenters. The first kappa shape index (κ1) is 15.2. The molecule has 0 saturated heterocycles. The van der Waals surface area contributed by atoms with E-state index in [1.807, 2.05) is 24.3 Å². The molecule has 0 radical (unpaired) electrons. The van der Waals surface area contributed by atoms with Crippen LogP contribution in [0.4, 0.5) is 5.95 Å². The Balaban J connectivity index is 2.02. The third-order valence-corrected chi connectivity index (χ3v) is 3.18. The number of carbonyl (C=O) groups is 1. The van der Waals surface area contributed by atoms with E-state index in [2.05, 4.69) is 34.3 Å². The Labute approximate surface area is 123 Å². The number of para-hydroxylation sites is 1. The van der Waals surface area contributed by atoms with E-state index >= 15 is 0 Å². The van der Waals surface area contributed by atoms with E-state index in [0.29, 0.717) is 18.4 Å². The largest absolute Gasteiger partial charge is 0.481 e. The maximum Gasteiger partial charge on any atom is 0.303 e. The zero-order valence-electron chi connectivity index (χ0n) is 12.3. The zero-order valence-corrected chi connectivity index (χ0v) is 12.3. The van der Waals surface area contributed by atoms with Gasteiger partial charge in [-0.15, -0.1) is 10.2 Å². The lowest BCUT2D eigenvalue weighted by Gasteiger charge is -2.17. The summed E-state index contributed by atoms with van der Waals surface area (Å²) in [5.74, 6) is 0.164. The predicted octanol–water partition coefficient (Wildman–Crippen LogP) is 2.57. The number of aromatic nitrogens is 3. The van der Waals surface area contributed by atoms with Crippen LogP contribution in [0.2, 0.25) is 0 Å². The predicted molar refractivity (Wildman–Crippen MR) is 81.0 cm³/mol. The van der Waals surface area contributed by atoms with Crippen LogP contribution in [-0.4, -0.2) is 32.8 Å². The molecule has 0 aliphatic carbocycles. The molecule has 0 fully saturated rings. The third kappa shape index (κ3) is 4.66. The van der Waals surface area contributed by atoms with Gasteiger partial charge in [0.2, 0.25) is 5.95 Å². The van der Waals surface area contributed by atoms with Crippen molar-refractivity contribution in [2.75, 3.05) is 11.9 Å². The van der Waals surface area contributed by atoms with Gasteiger partial charge in [0.05, 0.1) is 5.52 Å². The molecule has 6 nitrogen and oxygen atoms in total. The van der Waals surface area contributed by atoms with Gasteiger partial charge in [-0.1, -0.05) is 26.0 Å². The average molecular weight is 288 g/mol. The van der Waals surface area contributed by atoms with Crippen LogP contribution in [0.1, 0.15) is 26.7 Å². The van der Waals surface area contributed by atoms with Gasteiger partial charge in [0.15, 0.2) is 0 Å². The molecule has 0 bridgehead atoms. The van der Waals surface area contributed by atoms with Crippen molar-refractivity contribution in [1.82, 2.24) is 15.2 Å². The molecule has 0 aliphatic heterocycles. The van der Waals surface area contributed by atoms with Crippen LogP contribution >= 0.6 is 0 Å². The smallest absolute Gasteiger partial charge is 0.303 e. The number of hydrogen-bond acceptors (Lipinski definition) is 5. The van der Waals surface area contributed by atoms with Crippen LogP contribution in [0.3, 0.4) is 0 Å². The fraction of sp³-hybridized carbons (Fsp3) is 0.467. The number of aliphatic carboxylic acids is 1. The van der Waals surface area contributed by atoms with Crippen LogP contribution < -0.4 is 5.32 Å². The Morgan fingerprint density at radius 2 is 1.95 bits per heavy atom. The summed E-state index contributed by atoms with van der Waals surface area (Å²) in [4.78, 5) is 15.3. The zero-order chi connectivity index (χ0) is 15.2. The maximum atomic E-state index is 10.9. The van der Waals surface area contributed by atoms with Crippen LogP contribution in [0.15, 0.2) is 24.3 Å². The van der Waals surface area contributed by atoms with Gasteiger partial charge in [-0.25, -0.2) is 4.98 Å². The highest BCUT2D eigenvalue weighted by Gasteiger charge is 2.15. The van der Waals surface area contributed by atoms with Gasteiger partial charge in [-0.05, 0) is 30.4 Å². The van der Waals surface area contributed by atoms with Gasteiger partial charge in [0.25, 0.3) is 0 Å². The highest BCUT2D eigenvalue weighted by atomic mass is 16.4. The second-order valence-electron chi connectivity index (χ2n) is 5.60. The average Bonchev–Trinajstić information content (AvgIpc) is 2.43. The number of rotatable bonds is 7. The summed E-state index contributed by atoms with van der Waals surface area (Å²) in [5.41, 5.74) is 1.51. The molecule has 0 amide bonds. The number of fused-ring (bicyclic) bond motifs is 1. The molecule has 0 aliphatic rings. The van der Waals surface area contributed by atoms with E-state index in [9.17, 15) is 4.79 Å². The standard InChI is InChI=1S/C15H20N4O2/c1-10(2)7-11(8-14(20)21)9-16-15-17-12-5-3-4-6-13(12)18-19-15/h3-6,10-11H,7-9H2,1-2H3,(H,20,21)(H,16,17,19). The summed E-state index contributed by atoms with van der Waals surface area (Å²) in [6.07, 6.45) is 0.993. The van der Waals surface area contributed by atoms with Crippen molar-refractivity contribution in [3.8, 4) is 0 Å². The summed E-state index contributed by atoms with van der Waals surface area (Å²) in [7, 11) is 0. The normalized spacial score (nSPS) is 12.5. The summed E-state index contributed by atoms with van der Waals surface area (Å²) in [6, 6.07) is 7.51. The first-order valence-corrected chi connectivity index (χ1v) is 7.09. The Kier molecular flexibility index (Phi) is 5.03. The van der Waals surface area contributed by atoms with Gasteiger partial charge in [0, 0.05) is 13.0 Å². The molecule has 2 N–H and O–H groups in total. The van der Waals surface area contributed by atoms with E-state index in [1.54, 1.807) is 0 Å². The Morgan fingerprint density at radius 3 is 2.62 bits per heavy atom. The fourth-order valence-electron chi connectivity index (χ4n) is 2.34. The lowest BCUT2D eigenvalue weighted by molar-refractivity contribution is -0.138. The van der Waals surface area contributed by atoms with Crippen molar-refractivity contribution in [3.63, 3.8) is 0 Å². The first-order chi connectivity index (χ1) is 10.0. The van der Waals surface area contributed by atoms with E-state index < -0.39 is 5.97 Å². The molecule has 0 saturated carbocycles. The highest BCUT2D eigenvalue weighted by molar-refractivity contribution is 5.74. The van der Waals surface area contributed by atoms with E-state index in [4.69, 9.17) is 5.11 Å². The lowest BCUT2D eigenvalue weighted by atomic mass is 9.94. The summed E-state index contributed by atoms with van der Waals surface area (Å²) in [5, 5.41) is 20.2. The van der Waals surface area contributed by atoms with Gasteiger partial charge >= 0.3 is 5.97 Å². The molecule has 112 valence electrons. The number of hydrogen-bond donors (Lipinski definition) is 2. The van der Waals surface area contributed by atoms with E-state index in [1.165, 1.54) is 0 Å². The van der Waals surface area contributed by atoms with Gasteiger partial charge in [-0.3, -0.25) is 4.79 Å². The Hall–Kier alpha value is -2.24. The van der Waals surface area contributed by atoms with Crippen molar-refractivity contribution < 1.29 is 9.90 Å². The van der Waals surface area contributed by atoms with Crippen LogP contribution in [-0.2, 0) is 4.79 Å². The van der Waals surface area contributed by atoms with Crippen LogP contribution in [0, 0.1) is 11.8 Å². The second-order valence-corrected chi connectivity index (χ2v) is 5.60. The summed E-state index contributed by atoms with van der Waals surface area (Å²) >= 11 is 0. The second kappa shape index (κ2) is 6.97. The molecule has 1 aromatic carbocycles. The summed E-state index contributed by atoms with van der Waals surface area (Å²) in [6.45, 7) is 4.70. The minimum atomic E-state index is -0.778. The quantitative estimate of drug-likeness (QED) is 0.814. The number of carboxylic acid groups (broad SMARTS) is 1. The molecule has 2 rings (SSSR count). The minimum absolute atomic E-state index is 0.0533. The van der Waals surface area contributed by atoms with Crippen molar-refractivity contribution in [2.24, 2.45) is 11.8 Å². The van der Waals surface area contributed by atoms with Gasteiger partial charge in [0.1, 0.15) is 5.52 Å². The molecule has 0 spiro atoms. The molecule has 1 aromatic heterocycles. The summed E-state index contributed by atoms with van der Waals surface area (Å²) < 4.78 is 0. The first-order valence-electron chi connectivity index (χ1n) is 7.09. The maximum absolute atomic E-state index is 10.9. The SMILES string of the molecule is CC(C)CC(CNc1nnc2ccccc2n1)CC(=O)O. The van der Waals surface area contributed by atoms with Crippen molar-refractivity contribution in [3.05, 3.63) is 24.3 Å². The third-order valence-electron chi connectivity index (χ3n) is 3.18. The van der Waals surface area contributed by atoms with Gasteiger partial charge < -0.3 is 10.4 Å². The molecule has 1 heterocycles. The topological polar surface area (TPSA) is 88.0 Å². The monoisotopic (exact) mass is 288 g/mol. The minimum Gasteiger partial charge on any atom is -0.481 e. The van der Waals surface area contributed by atoms with Crippen molar-refractivity contribution in [1.29, 1.82) is 0 Å². The lowest BCUT2D eigenvalue weighted by Crippen LogP contribution is -2.20. The molecule has 1 atom stereocenters. The number of nitrogens with zero attached hydrogens (tertiary/aromatic N) is 3. The number of carboxylic acids is 1. The van der Waals surface area contributed by atoms with E-state index in [0.717, 1.165) is 17.5 Å². The molecular weight excluding hydrogens is 268 g/mol. The molecule has 6 heteroatoms. The molecule has 21 heavy (non-hydrogen) atoms. The number of benzene rings is 1. The Morgan fingerprint density at radius 1 is 1.24 bits per heavy atom. The van der Waals surface area contributed by atoms with E-state index in [-0.39, 0.29) is 12.3 Å². The number of nitrogens with one attached hydrogen (secondary N) is 1. The number of anilines is 1. The fourth-order valence-corrected chi connectivity index (χ4v) is 2.34. The van der Waals surface area contributed by atoms with Crippen LogP contribution in [0.5, 0.6) is 0 Å². The van der Waals surface area contributed by atoms with Crippen molar-refractivity contribution >= 4 is 23.0 Å². The highest BCUT2D eigenvalue weighted by Crippen LogP contribution is 2.16.